The molecule has 0 aliphatic rings. The van der Waals surface area contributed by atoms with Gasteiger partial charge in [0.2, 0.25) is 0 Å². The SMILES string of the molecule is O=C(NC(=O)c1ccccc1Br)Nc1nc2ccc(CS(=O)[O-])cc2s1. The molecule has 3 rings (SSSR count). The van der Waals surface area contributed by atoms with Crippen molar-refractivity contribution in [1.29, 1.82) is 0 Å². The number of aromatic nitrogens is 1. The van der Waals surface area contributed by atoms with Gasteiger partial charge < -0.3 is 4.55 Å². The number of halogens is 1. The van der Waals surface area contributed by atoms with E-state index in [4.69, 9.17) is 0 Å². The van der Waals surface area contributed by atoms with Crippen LogP contribution >= 0.6 is 27.3 Å². The van der Waals surface area contributed by atoms with E-state index >= 15 is 0 Å². The minimum Gasteiger partial charge on any atom is -0.772 e. The third-order valence-electron chi connectivity index (χ3n) is 3.30. The Bertz CT molecular complexity index is 1020. The molecule has 0 saturated heterocycles. The fourth-order valence-corrected chi connectivity index (χ4v) is 4.03. The predicted octanol–water partition coefficient (Wildman–Crippen LogP) is 3.40. The normalized spacial score (nSPS) is 11.9. The number of amides is 3. The van der Waals surface area contributed by atoms with Gasteiger partial charge in [-0.15, -0.1) is 0 Å². The van der Waals surface area contributed by atoms with Crippen LogP contribution in [0, 0.1) is 0 Å². The fourth-order valence-electron chi connectivity index (χ4n) is 2.19. The smallest absolute Gasteiger partial charge is 0.327 e. The molecule has 0 saturated carbocycles. The Morgan fingerprint density at radius 2 is 2.00 bits per heavy atom. The van der Waals surface area contributed by atoms with Crippen molar-refractivity contribution in [3.63, 3.8) is 0 Å². The number of anilines is 1. The molecule has 0 bridgehead atoms. The molecular weight excluding hydrogens is 442 g/mol. The second-order valence-electron chi connectivity index (χ2n) is 5.16. The number of nitrogens with one attached hydrogen (secondary N) is 2. The van der Waals surface area contributed by atoms with Crippen molar-refractivity contribution in [3.05, 3.63) is 58.1 Å². The van der Waals surface area contributed by atoms with E-state index < -0.39 is 23.0 Å². The summed E-state index contributed by atoms with van der Waals surface area (Å²) in [5.74, 6) is -0.631. The first-order valence-corrected chi connectivity index (χ1v) is 10.1. The summed E-state index contributed by atoms with van der Waals surface area (Å²) in [4.78, 5) is 28.4. The number of rotatable bonds is 4. The molecule has 3 aromatic rings. The van der Waals surface area contributed by atoms with Gasteiger partial charge >= 0.3 is 6.03 Å². The molecule has 10 heteroatoms. The van der Waals surface area contributed by atoms with Crippen LogP contribution in [0.3, 0.4) is 0 Å². The van der Waals surface area contributed by atoms with Crippen LogP contribution in [0.25, 0.3) is 10.2 Å². The van der Waals surface area contributed by atoms with Crippen molar-refractivity contribution in [2.24, 2.45) is 0 Å². The highest BCUT2D eigenvalue weighted by Crippen LogP contribution is 2.27. The molecule has 1 heterocycles. The van der Waals surface area contributed by atoms with E-state index in [1.54, 1.807) is 42.5 Å². The van der Waals surface area contributed by atoms with E-state index in [9.17, 15) is 18.4 Å². The topological polar surface area (TPSA) is 111 Å². The van der Waals surface area contributed by atoms with Crippen molar-refractivity contribution in [2.45, 2.75) is 5.75 Å². The standard InChI is InChI=1S/C16H12BrN3O4S2/c17-11-4-2-1-3-10(11)14(21)19-15(22)20-16-18-12-6-5-9(8-26(23)24)7-13(12)25-16/h1-7H,8H2,(H,23,24)(H2,18,19,20,21,22)/p-1. The summed E-state index contributed by atoms with van der Waals surface area (Å²) in [7, 11) is 0. The third-order valence-corrected chi connectivity index (χ3v) is 5.50. The lowest BCUT2D eigenvalue weighted by atomic mass is 10.2. The number of carbonyl (C=O) groups is 2. The molecule has 134 valence electrons. The summed E-state index contributed by atoms with van der Waals surface area (Å²) < 4.78 is 22.9. The maximum Gasteiger partial charge on any atom is 0.327 e. The van der Waals surface area contributed by atoms with E-state index in [1.807, 2.05) is 0 Å². The van der Waals surface area contributed by atoms with Crippen LogP contribution in [0.1, 0.15) is 15.9 Å². The predicted molar refractivity (Wildman–Crippen MR) is 103 cm³/mol. The number of carbonyl (C=O) groups excluding carboxylic acids is 2. The summed E-state index contributed by atoms with van der Waals surface area (Å²) in [6.07, 6.45) is 0. The van der Waals surface area contributed by atoms with Crippen LogP contribution in [0.2, 0.25) is 0 Å². The molecular formula is C16H11BrN3O4S2-. The fraction of sp³-hybridized carbons (Fsp3) is 0.0625. The van der Waals surface area contributed by atoms with Gasteiger partial charge in [-0.1, -0.05) is 40.6 Å². The van der Waals surface area contributed by atoms with Crippen molar-refractivity contribution < 1.29 is 18.4 Å². The number of benzene rings is 2. The minimum absolute atomic E-state index is 0.0858. The molecule has 0 fully saturated rings. The highest BCUT2D eigenvalue weighted by atomic mass is 79.9. The molecule has 1 unspecified atom stereocenters. The second kappa shape index (κ2) is 8.04. The lowest BCUT2D eigenvalue weighted by Crippen LogP contribution is -2.34. The van der Waals surface area contributed by atoms with Gasteiger partial charge in [0, 0.05) is 10.2 Å². The molecule has 7 nitrogen and oxygen atoms in total. The molecule has 1 aromatic heterocycles. The molecule has 2 aromatic carbocycles. The van der Waals surface area contributed by atoms with Crippen LogP contribution < -0.4 is 10.6 Å². The van der Waals surface area contributed by atoms with E-state index in [0.717, 1.165) is 4.70 Å². The van der Waals surface area contributed by atoms with Crippen molar-refractivity contribution in [2.75, 3.05) is 5.32 Å². The van der Waals surface area contributed by atoms with Crippen molar-refractivity contribution in [1.82, 2.24) is 10.3 Å². The Kier molecular flexibility index (Phi) is 5.77. The zero-order valence-corrected chi connectivity index (χ0v) is 16.2. The zero-order chi connectivity index (χ0) is 18.7. The first-order valence-electron chi connectivity index (χ1n) is 7.24. The van der Waals surface area contributed by atoms with Crippen LogP contribution in [0.4, 0.5) is 9.93 Å². The number of fused-ring (bicyclic) bond motifs is 1. The van der Waals surface area contributed by atoms with Crippen LogP contribution in [-0.2, 0) is 16.8 Å². The van der Waals surface area contributed by atoms with E-state index in [0.29, 0.717) is 26.2 Å². The quantitative estimate of drug-likeness (QED) is 0.589. The van der Waals surface area contributed by atoms with Gasteiger partial charge in [-0.25, -0.2) is 9.78 Å². The van der Waals surface area contributed by atoms with Gasteiger partial charge in [0.25, 0.3) is 5.91 Å². The monoisotopic (exact) mass is 452 g/mol. The second-order valence-corrected chi connectivity index (χ2v) is 7.94. The molecule has 1 atom stereocenters. The highest BCUT2D eigenvalue weighted by molar-refractivity contribution is 9.10. The maximum absolute atomic E-state index is 12.1. The van der Waals surface area contributed by atoms with Gasteiger partial charge in [-0.05, 0) is 45.8 Å². The summed E-state index contributed by atoms with van der Waals surface area (Å²) in [6, 6.07) is 11.1. The van der Waals surface area contributed by atoms with Crippen LogP contribution in [0.15, 0.2) is 46.9 Å². The Morgan fingerprint density at radius 1 is 1.23 bits per heavy atom. The number of imide groups is 1. The van der Waals surface area contributed by atoms with Crippen molar-refractivity contribution >= 4 is 65.6 Å². The number of thiazole rings is 1. The molecule has 0 aliphatic carbocycles. The third kappa shape index (κ3) is 4.52. The molecule has 0 radical (unpaired) electrons. The molecule has 3 amide bonds. The largest absolute Gasteiger partial charge is 0.772 e. The Balaban J connectivity index is 1.70. The summed E-state index contributed by atoms with van der Waals surface area (Å²) in [6.45, 7) is 0. The highest BCUT2D eigenvalue weighted by Gasteiger charge is 2.14. The van der Waals surface area contributed by atoms with Crippen LogP contribution in [-0.4, -0.2) is 25.7 Å². The number of urea groups is 1. The van der Waals surface area contributed by atoms with Crippen molar-refractivity contribution in [3.8, 4) is 0 Å². The Hall–Kier alpha value is -2.14. The molecule has 2 N–H and O–H groups in total. The maximum atomic E-state index is 12.1. The van der Waals surface area contributed by atoms with Gasteiger partial charge in [-0.2, -0.15) is 0 Å². The lowest BCUT2D eigenvalue weighted by molar-refractivity contribution is 0.0966. The molecule has 0 aliphatic heterocycles. The van der Waals surface area contributed by atoms with Gasteiger partial charge in [0.1, 0.15) is 0 Å². The first-order chi connectivity index (χ1) is 12.4. The van der Waals surface area contributed by atoms with E-state index in [1.165, 1.54) is 11.3 Å². The summed E-state index contributed by atoms with van der Waals surface area (Å²) in [5, 5.41) is 5.05. The van der Waals surface area contributed by atoms with Gasteiger partial charge in [0.05, 0.1) is 15.8 Å². The van der Waals surface area contributed by atoms with E-state index in [-0.39, 0.29) is 5.75 Å². The average molecular weight is 453 g/mol. The van der Waals surface area contributed by atoms with Gasteiger partial charge in [0.15, 0.2) is 5.13 Å². The lowest BCUT2D eigenvalue weighted by Gasteiger charge is -2.05. The Morgan fingerprint density at radius 3 is 2.73 bits per heavy atom. The van der Waals surface area contributed by atoms with E-state index in [2.05, 4.69) is 31.5 Å². The summed E-state index contributed by atoms with van der Waals surface area (Å²) >= 11 is 2.27. The average Bonchev–Trinajstić information content (AvgIpc) is 2.95. The Labute approximate surface area is 163 Å². The minimum atomic E-state index is -2.18. The molecule has 0 spiro atoms. The van der Waals surface area contributed by atoms with Gasteiger partial charge in [-0.3, -0.25) is 19.6 Å². The zero-order valence-electron chi connectivity index (χ0n) is 13.0. The number of hydrogen-bond donors (Lipinski definition) is 2. The summed E-state index contributed by atoms with van der Waals surface area (Å²) in [5.41, 5.74) is 1.60. The number of nitrogens with zero attached hydrogens (tertiary/aromatic N) is 1. The first kappa shape index (κ1) is 18.6. The van der Waals surface area contributed by atoms with Crippen LogP contribution in [0.5, 0.6) is 0 Å². The number of hydrogen-bond acceptors (Lipinski definition) is 6. The molecule has 26 heavy (non-hydrogen) atoms.